The summed E-state index contributed by atoms with van der Waals surface area (Å²) in [6.07, 6.45) is 4.03. The molecule has 0 heterocycles. The zero-order valence-corrected chi connectivity index (χ0v) is 10.8. The third-order valence-electron chi connectivity index (χ3n) is 3.82. The molecule has 1 saturated carbocycles. The summed E-state index contributed by atoms with van der Waals surface area (Å²) >= 11 is 0. The van der Waals surface area contributed by atoms with E-state index < -0.39 is 0 Å². The van der Waals surface area contributed by atoms with Crippen LogP contribution in [0.5, 0.6) is 0 Å². The Morgan fingerprint density at radius 3 is 2.78 bits per heavy atom. The van der Waals surface area contributed by atoms with E-state index >= 15 is 0 Å². The molecule has 0 amide bonds. The maximum absolute atomic E-state index is 10.0. The summed E-state index contributed by atoms with van der Waals surface area (Å²) in [5.74, 6) is 0. The summed E-state index contributed by atoms with van der Waals surface area (Å²) in [5, 5.41) is 19.1. The Balaban J connectivity index is 2.06. The predicted molar refractivity (Wildman–Crippen MR) is 70.9 cm³/mol. The lowest BCUT2D eigenvalue weighted by Crippen LogP contribution is -2.42. The number of nitrogens with zero attached hydrogens (tertiary/aromatic N) is 2. The quantitative estimate of drug-likeness (QED) is 0.887. The van der Waals surface area contributed by atoms with Gasteiger partial charge in [-0.2, -0.15) is 5.26 Å². The van der Waals surface area contributed by atoms with Gasteiger partial charge in [0.25, 0.3) is 0 Å². The van der Waals surface area contributed by atoms with E-state index in [0.29, 0.717) is 0 Å². The van der Waals surface area contributed by atoms with E-state index in [1.54, 1.807) is 0 Å². The zero-order valence-electron chi connectivity index (χ0n) is 10.8. The first kappa shape index (κ1) is 13.1. The van der Waals surface area contributed by atoms with Gasteiger partial charge in [-0.25, -0.2) is 0 Å². The molecule has 2 atom stereocenters. The van der Waals surface area contributed by atoms with Crippen molar-refractivity contribution in [3.05, 3.63) is 35.4 Å². The van der Waals surface area contributed by atoms with Crippen molar-refractivity contribution in [1.82, 2.24) is 4.90 Å². The number of nitriles is 1. The fourth-order valence-corrected chi connectivity index (χ4v) is 2.76. The number of hydrogen-bond donors (Lipinski definition) is 1. The fraction of sp³-hybridized carbons (Fsp3) is 0.533. The second-order valence-electron chi connectivity index (χ2n) is 5.10. The second-order valence-corrected chi connectivity index (χ2v) is 5.10. The van der Waals surface area contributed by atoms with Gasteiger partial charge in [0.15, 0.2) is 0 Å². The lowest BCUT2D eigenvalue weighted by Gasteiger charge is -2.35. The SMILES string of the molecule is CN(Cc1ccccc1C#N)C1CCCCC1O. The highest BCUT2D eigenvalue weighted by atomic mass is 16.3. The summed E-state index contributed by atoms with van der Waals surface area (Å²) in [6.45, 7) is 0.728. The molecule has 1 aromatic rings. The van der Waals surface area contributed by atoms with Crippen LogP contribution >= 0.6 is 0 Å². The number of hydrogen-bond acceptors (Lipinski definition) is 3. The van der Waals surface area contributed by atoms with Crippen LogP contribution in [0.15, 0.2) is 24.3 Å². The third kappa shape index (κ3) is 2.90. The van der Waals surface area contributed by atoms with Crippen LogP contribution in [-0.4, -0.2) is 29.2 Å². The van der Waals surface area contributed by atoms with Crippen molar-refractivity contribution >= 4 is 0 Å². The minimum atomic E-state index is -0.224. The highest BCUT2D eigenvalue weighted by Gasteiger charge is 2.26. The Morgan fingerprint density at radius 2 is 2.06 bits per heavy atom. The minimum absolute atomic E-state index is 0.224. The summed E-state index contributed by atoms with van der Waals surface area (Å²) in [5.41, 5.74) is 1.77. The van der Waals surface area contributed by atoms with Crippen LogP contribution < -0.4 is 0 Å². The molecule has 0 bridgehead atoms. The number of likely N-dealkylation sites (N-methyl/N-ethyl adjacent to an activating group) is 1. The lowest BCUT2D eigenvalue weighted by molar-refractivity contribution is 0.0288. The van der Waals surface area contributed by atoms with Gasteiger partial charge in [-0.05, 0) is 31.5 Å². The Hall–Kier alpha value is -1.37. The third-order valence-corrected chi connectivity index (χ3v) is 3.82. The van der Waals surface area contributed by atoms with Crippen LogP contribution in [-0.2, 0) is 6.54 Å². The molecular weight excluding hydrogens is 224 g/mol. The predicted octanol–water partition coefficient (Wildman–Crippen LogP) is 2.29. The van der Waals surface area contributed by atoms with Crippen LogP contribution in [0.3, 0.4) is 0 Å². The maximum Gasteiger partial charge on any atom is 0.0995 e. The molecule has 1 fully saturated rings. The monoisotopic (exact) mass is 244 g/mol. The first-order valence-electron chi connectivity index (χ1n) is 6.58. The zero-order chi connectivity index (χ0) is 13.0. The van der Waals surface area contributed by atoms with E-state index in [1.165, 1.54) is 6.42 Å². The van der Waals surface area contributed by atoms with E-state index in [9.17, 15) is 5.11 Å². The van der Waals surface area contributed by atoms with E-state index in [0.717, 1.165) is 36.9 Å². The van der Waals surface area contributed by atoms with E-state index in [4.69, 9.17) is 5.26 Å². The van der Waals surface area contributed by atoms with Gasteiger partial charge in [-0.1, -0.05) is 31.0 Å². The molecule has 18 heavy (non-hydrogen) atoms. The van der Waals surface area contributed by atoms with Gasteiger partial charge in [-0.15, -0.1) is 0 Å². The van der Waals surface area contributed by atoms with Crippen LogP contribution in [0.2, 0.25) is 0 Å². The molecule has 1 aliphatic carbocycles. The van der Waals surface area contributed by atoms with Crippen LogP contribution in [0.25, 0.3) is 0 Å². The molecule has 0 aliphatic heterocycles. The van der Waals surface area contributed by atoms with E-state index in [-0.39, 0.29) is 12.1 Å². The molecule has 3 heteroatoms. The summed E-state index contributed by atoms with van der Waals surface area (Å²) in [6, 6.07) is 10.1. The number of aliphatic hydroxyl groups excluding tert-OH is 1. The standard InChI is InChI=1S/C15H20N2O/c1-17(14-8-4-5-9-15(14)18)11-13-7-3-2-6-12(13)10-16/h2-3,6-7,14-15,18H,4-5,8-9,11H2,1H3. The average molecular weight is 244 g/mol. The van der Waals surface area contributed by atoms with Crippen molar-refractivity contribution in [2.45, 2.75) is 44.4 Å². The molecule has 1 aromatic carbocycles. The highest BCUT2D eigenvalue weighted by molar-refractivity contribution is 5.37. The first-order chi connectivity index (χ1) is 8.72. The van der Waals surface area contributed by atoms with Crippen molar-refractivity contribution in [2.24, 2.45) is 0 Å². The van der Waals surface area contributed by atoms with Crippen molar-refractivity contribution in [2.75, 3.05) is 7.05 Å². The van der Waals surface area contributed by atoms with Gasteiger partial charge < -0.3 is 5.11 Å². The Bertz CT molecular complexity index is 438. The summed E-state index contributed by atoms with van der Waals surface area (Å²) in [7, 11) is 2.04. The first-order valence-corrected chi connectivity index (χ1v) is 6.58. The Morgan fingerprint density at radius 1 is 1.33 bits per heavy atom. The van der Waals surface area contributed by atoms with Gasteiger partial charge in [-0.3, -0.25) is 4.90 Å². The summed E-state index contributed by atoms with van der Waals surface area (Å²) in [4.78, 5) is 2.18. The molecule has 0 spiro atoms. The molecule has 1 aliphatic rings. The van der Waals surface area contributed by atoms with Crippen LogP contribution in [0, 0.1) is 11.3 Å². The minimum Gasteiger partial charge on any atom is -0.391 e. The van der Waals surface area contributed by atoms with Crippen LogP contribution in [0.4, 0.5) is 0 Å². The van der Waals surface area contributed by atoms with E-state index in [2.05, 4.69) is 11.0 Å². The van der Waals surface area contributed by atoms with Crippen molar-refractivity contribution < 1.29 is 5.11 Å². The molecule has 2 unspecified atom stereocenters. The van der Waals surface area contributed by atoms with Crippen molar-refractivity contribution in [3.8, 4) is 6.07 Å². The molecule has 3 nitrogen and oxygen atoms in total. The van der Waals surface area contributed by atoms with Gasteiger partial charge in [0, 0.05) is 12.6 Å². The number of rotatable bonds is 3. The average Bonchev–Trinajstić information content (AvgIpc) is 2.39. The van der Waals surface area contributed by atoms with Gasteiger partial charge >= 0.3 is 0 Å². The molecular formula is C15H20N2O. The molecule has 1 N–H and O–H groups in total. The van der Waals surface area contributed by atoms with Crippen molar-refractivity contribution in [3.63, 3.8) is 0 Å². The maximum atomic E-state index is 10.0. The van der Waals surface area contributed by atoms with Gasteiger partial charge in [0.1, 0.15) is 0 Å². The molecule has 0 radical (unpaired) electrons. The molecule has 0 saturated heterocycles. The van der Waals surface area contributed by atoms with Gasteiger partial charge in [0.2, 0.25) is 0 Å². The van der Waals surface area contributed by atoms with Crippen molar-refractivity contribution in [1.29, 1.82) is 5.26 Å². The van der Waals surface area contributed by atoms with Crippen LogP contribution in [0.1, 0.15) is 36.8 Å². The fourth-order valence-electron chi connectivity index (χ4n) is 2.76. The highest BCUT2D eigenvalue weighted by Crippen LogP contribution is 2.24. The molecule has 0 aromatic heterocycles. The van der Waals surface area contributed by atoms with Gasteiger partial charge in [0.05, 0.1) is 17.7 Å². The largest absolute Gasteiger partial charge is 0.391 e. The topological polar surface area (TPSA) is 47.3 Å². The Labute approximate surface area is 109 Å². The normalized spacial score (nSPS) is 23.9. The summed E-state index contributed by atoms with van der Waals surface area (Å²) < 4.78 is 0. The lowest BCUT2D eigenvalue weighted by atomic mass is 9.91. The number of benzene rings is 1. The molecule has 96 valence electrons. The smallest absolute Gasteiger partial charge is 0.0995 e. The molecule has 2 rings (SSSR count). The van der Waals surface area contributed by atoms with E-state index in [1.807, 2.05) is 31.3 Å². The Kier molecular flexibility index (Phi) is 4.35. The second kappa shape index (κ2) is 5.99. The number of aliphatic hydroxyl groups is 1.